The molecule has 14 aromatic rings. The van der Waals surface area contributed by atoms with Gasteiger partial charge in [-0.3, -0.25) is 0 Å². The van der Waals surface area contributed by atoms with Crippen LogP contribution in [0.3, 0.4) is 0 Å². The molecule has 290 valence electrons. The van der Waals surface area contributed by atoms with Crippen molar-refractivity contribution < 1.29 is 8.83 Å². The number of hydrogen-bond donors (Lipinski definition) is 0. The second kappa shape index (κ2) is 12.0. The zero-order valence-corrected chi connectivity index (χ0v) is 34.6. The van der Waals surface area contributed by atoms with Gasteiger partial charge in [-0.05, 0) is 158 Å². The van der Waals surface area contributed by atoms with E-state index in [1.165, 1.54) is 92.5 Å². The smallest absolute Gasteiger partial charge is 0.135 e. The van der Waals surface area contributed by atoms with Crippen molar-refractivity contribution in [2.75, 3.05) is 0 Å². The zero-order chi connectivity index (χ0) is 41.0. The van der Waals surface area contributed by atoms with Crippen LogP contribution in [0, 0.1) is 0 Å². The van der Waals surface area contributed by atoms with Crippen molar-refractivity contribution in [1.82, 2.24) is 0 Å². The van der Waals surface area contributed by atoms with Crippen LogP contribution < -0.4 is 0 Å². The Hall–Kier alpha value is -7.68. The molecule has 2 nitrogen and oxygen atoms in total. The molecule has 0 amide bonds. The molecule has 0 N–H and O–H groups in total. The molecule has 0 spiro atoms. The molecule has 12 aromatic carbocycles. The summed E-state index contributed by atoms with van der Waals surface area (Å²) in [4.78, 5) is 0. The van der Waals surface area contributed by atoms with Gasteiger partial charge in [0.1, 0.15) is 22.3 Å². The standard InChI is InChI=1S/C60H38O2/c1-60(2,3)43-27-41-10-9-36-12-20-45(47-22-14-42(28-43)57(41)59(36)47)40-18-26-55-51(32-40)49-30-38(16-24-53(49)62-55)37-15-23-52-48(29-37)50-31-39(17-25-54(50)61-52)44-19-11-35-8-7-33-5-4-6-34-13-21-46(44)58(35)56(33)34/h4-32H,1-3H3. The normalized spacial score (nSPS) is 12.8. The number of rotatable bonds is 3. The molecule has 0 unspecified atom stereocenters. The second-order valence-electron chi connectivity index (χ2n) is 18.5. The maximum Gasteiger partial charge on any atom is 0.135 e. The van der Waals surface area contributed by atoms with Crippen LogP contribution in [0.2, 0.25) is 0 Å². The Kier molecular flexibility index (Phi) is 6.59. The van der Waals surface area contributed by atoms with E-state index >= 15 is 0 Å². The average Bonchev–Trinajstić information content (AvgIpc) is 3.86. The molecule has 14 rings (SSSR count). The lowest BCUT2D eigenvalue weighted by Crippen LogP contribution is -2.10. The number of benzene rings is 12. The molecule has 2 aromatic heterocycles. The van der Waals surface area contributed by atoms with Gasteiger partial charge in [-0.2, -0.15) is 0 Å². The van der Waals surface area contributed by atoms with Gasteiger partial charge in [-0.15, -0.1) is 0 Å². The molecule has 62 heavy (non-hydrogen) atoms. The Morgan fingerprint density at radius 2 is 0.645 bits per heavy atom. The molecule has 2 heteroatoms. The topological polar surface area (TPSA) is 26.3 Å². The van der Waals surface area contributed by atoms with Gasteiger partial charge in [-0.1, -0.05) is 148 Å². The Morgan fingerprint density at radius 1 is 0.290 bits per heavy atom. The third-order valence-electron chi connectivity index (χ3n) is 13.9. The molecule has 0 aliphatic carbocycles. The van der Waals surface area contributed by atoms with Gasteiger partial charge in [0.2, 0.25) is 0 Å². The molecule has 0 saturated carbocycles. The average molecular weight is 791 g/mol. The Labute approximate surface area is 356 Å². The van der Waals surface area contributed by atoms with Gasteiger partial charge in [0.25, 0.3) is 0 Å². The summed E-state index contributed by atoms with van der Waals surface area (Å²) in [5.41, 5.74) is 12.1. The molecule has 0 atom stereocenters. The van der Waals surface area contributed by atoms with Gasteiger partial charge in [0, 0.05) is 21.5 Å². The van der Waals surface area contributed by atoms with E-state index in [0.717, 1.165) is 55.0 Å². The maximum atomic E-state index is 6.48. The first-order valence-electron chi connectivity index (χ1n) is 21.6. The first kappa shape index (κ1) is 34.1. The van der Waals surface area contributed by atoms with E-state index in [1.807, 2.05) is 0 Å². The predicted molar refractivity (Wildman–Crippen MR) is 263 cm³/mol. The number of furan rings is 2. The maximum absolute atomic E-state index is 6.48. The summed E-state index contributed by atoms with van der Waals surface area (Å²) < 4.78 is 12.9. The monoisotopic (exact) mass is 790 g/mol. The van der Waals surface area contributed by atoms with Crippen molar-refractivity contribution in [2.24, 2.45) is 0 Å². The Balaban J connectivity index is 0.885. The van der Waals surface area contributed by atoms with Crippen LogP contribution >= 0.6 is 0 Å². The molecule has 0 radical (unpaired) electrons. The van der Waals surface area contributed by atoms with Crippen molar-refractivity contribution in [3.8, 4) is 33.4 Å². The molecule has 0 fully saturated rings. The minimum Gasteiger partial charge on any atom is -0.456 e. The summed E-state index contributed by atoms with van der Waals surface area (Å²) in [5, 5.41) is 20.1. The van der Waals surface area contributed by atoms with E-state index in [9.17, 15) is 0 Å². The van der Waals surface area contributed by atoms with Crippen molar-refractivity contribution in [3.05, 3.63) is 181 Å². The lowest BCUT2D eigenvalue weighted by molar-refractivity contribution is 0.591. The summed E-state index contributed by atoms with van der Waals surface area (Å²) >= 11 is 0. The molecular weight excluding hydrogens is 753 g/mol. The molecule has 0 saturated heterocycles. The third-order valence-corrected chi connectivity index (χ3v) is 13.9. The molecule has 2 heterocycles. The number of hydrogen-bond acceptors (Lipinski definition) is 2. The van der Waals surface area contributed by atoms with E-state index in [2.05, 4.69) is 197 Å². The van der Waals surface area contributed by atoms with E-state index in [-0.39, 0.29) is 5.41 Å². The lowest BCUT2D eigenvalue weighted by atomic mass is 9.82. The first-order chi connectivity index (χ1) is 30.3. The fourth-order valence-electron chi connectivity index (χ4n) is 10.7. The summed E-state index contributed by atoms with van der Waals surface area (Å²) in [6.07, 6.45) is 0. The van der Waals surface area contributed by atoms with Crippen molar-refractivity contribution in [3.63, 3.8) is 0 Å². The molecule has 0 bridgehead atoms. The second-order valence-corrected chi connectivity index (χ2v) is 18.5. The molecule has 0 aliphatic rings. The van der Waals surface area contributed by atoms with Gasteiger partial charge < -0.3 is 8.83 Å². The minimum atomic E-state index is 0.0801. The highest BCUT2D eigenvalue weighted by Crippen LogP contribution is 2.44. The quantitative estimate of drug-likeness (QED) is 0.167. The highest BCUT2D eigenvalue weighted by atomic mass is 16.3. The highest BCUT2D eigenvalue weighted by molar-refractivity contribution is 6.27. The minimum absolute atomic E-state index is 0.0801. The van der Waals surface area contributed by atoms with Gasteiger partial charge in [0.15, 0.2) is 0 Å². The summed E-state index contributed by atoms with van der Waals surface area (Å²) in [5.74, 6) is 0. The summed E-state index contributed by atoms with van der Waals surface area (Å²) in [6.45, 7) is 6.88. The van der Waals surface area contributed by atoms with E-state index < -0.39 is 0 Å². The predicted octanol–water partition coefficient (Wildman–Crippen LogP) is 17.6. The third kappa shape index (κ3) is 4.75. The van der Waals surface area contributed by atoms with Crippen molar-refractivity contribution in [1.29, 1.82) is 0 Å². The largest absolute Gasteiger partial charge is 0.456 e. The zero-order valence-electron chi connectivity index (χ0n) is 34.6. The Morgan fingerprint density at radius 3 is 1.11 bits per heavy atom. The van der Waals surface area contributed by atoms with Crippen LogP contribution in [0.25, 0.3) is 142 Å². The van der Waals surface area contributed by atoms with Gasteiger partial charge >= 0.3 is 0 Å². The van der Waals surface area contributed by atoms with Crippen LogP contribution in [-0.4, -0.2) is 0 Å². The fourth-order valence-corrected chi connectivity index (χ4v) is 10.7. The van der Waals surface area contributed by atoms with Gasteiger partial charge in [-0.25, -0.2) is 0 Å². The van der Waals surface area contributed by atoms with Crippen LogP contribution in [-0.2, 0) is 5.41 Å². The van der Waals surface area contributed by atoms with E-state index in [0.29, 0.717) is 0 Å². The highest BCUT2D eigenvalue weighted by Gasteiger charge is 2.20. The van der Waals surface area contributed by atoms with Crippen LogP contribution in [0.15, 0.2) is 185 Å². The van der Waals surface area contributed by atoms with Crippen molar-refractivity contribution >= 4 is 109 Å². The van der Waals surface area contributed by atoms with Gasteiger partial charge in [0.05, 0.1) is 0 Å². The SMILES string of the molecule is CC(C)(C)c1cc2ccc3ccc(-c4ccc5oc6ccc(-c7ccc8oc9ccc(-c%10ccc%11ccc%12cccc%13ccc%10c%11c%12%13)cc9c8c7)cc6c5c4)c4ccc(c1)c2c34. The van der Waals surface area contributed by atoms with E-state index in [1.54, 1.807) is 0 Å². The first-order valence-corrected chi connectivity index (χ1v) is 21.6. The van der Waals surface area contributed by atoms with Crippen LogP contribution in [0.1, 0.15) is 26.3 Å². The lowest BCUT2D eigenvalue weighted by Gasteiger charge is -2.22. The number of fused-ring (bicyclic) bond motifs is 6. The Bertz CT molecular complexity index is 4150. The summed E-state index contributed by atoms with van der Waals surface area (Å²) in [6, 6.07) is 65.2. The summed E-state index contributed by atoms with van der Waals surface area (Å²) in [7, 11) is 0. The molecule has 0 aliphatic heterocycles. The fraction of sp³-hybridized carbons (Fsp3) is 0.0667. The van der Waals surface area contributed by atoms with E-state index in [4.69, 9.17) is 8.83 Å². The van der Waals surface area contributed by atoms with Crippen LogP contribution in [0.4, 0.5) is 0 Å². The van der Waals surface area contributed by atoms with Crippen LogP contribution in [0.5, 0.6) is 0 Å². The molecular formula is C60H38O2. The van der Waals surface area contributed by atoms with Crippen molar-refractivity contribution in [2.45, 2.75) is 26.2 Å².